The number of carboxylic acid groups (broad SMARTS) is 1. The van der Waals surface area contributed by atoms with E-state index < -0.39 is 29.4 Å². The summed E-state index contributed by atoms with van der Waals surface area (Å²) in [7, 11) is 0. The molecule has 158 valence electrons. The van der Waals surface area contributed by atoms with Crippen LogP contribution in [0.5, 0.6) is 0 Å². The molecule has 9 heteroatoms. The van der Waals surface area contributed by atoms with Crippen molar-refractivity contribution in [1.82, 2.24) is 16.0 Å². The van der Waals surface area contributed by atoms with E-state index in [1.807, 2.05) is 0 Å². The Morgan fingerprint density at radius 1 is 0.926 bits per heavy atom. The van der Waals surface area contributed by atoms with Crippen LogP contribution < -0.4 is 16.0 Å². The van der Waals surface area contributed by atoms with Crippen LogP contribution in [0.1, 0.15) is 60.8 Å². The summed E-state index contributed by atoms with van der Waals surface area (Å²) in [6.07, 6.45) is 1.03. The number of amides is 2. The normalized spacial score (nSPS) is 12.8. The Bertz CT molecular complexity index is 482. The maximum absolute atomic E-state index is 11.9. The van der Waals surface area contributed by atoms with Gasteiger partial charge in [0.25, 0.3) is 0 Å². The highest BCUT2D eigenvalue weighted by molar-refractivity contribution is 5.69. The molecule has 2 amide bonds. The first kappa shape index (κ1) is 25.0. The van der Waals surface area contributed by atoms with E-state index in [0.29, 0.717) is 25.9 Å². The van der Waals surface area contributed by atoms with Gasteiger partial charge in [0, 0.05) is 19.1 Å². The lowest BCUT2D eigenvalue weighted by Crippen LogP contribution is -2.45. The molecule has 0 aromatic carbocycles. The first-order valence-corrected chi connectivity index (χ1v) is 9.17. The van der Waals surface area contributed by atoms with Crippen molar-refractivity contribution in [1.29, 1.82) is 0 Å². The average Bonchev–Trinajstić information content (AvgIpc) is 2.42. The van der Waals surface area contributed by atoms with Crippen LogP contribution in [0.4, 0.5) is 9.59 Å². The summed E-state index contributed by atoms with van der Waals surface area (Å²) in [5.41, 5.74) is -1.15. The molecule has 0 aliphatic heterocycles. The van der Waals surface area contributed by atoms with Gasteiger partial charge < -0.3 is 30.5 Å². The minimum Gasteiger partial charge on any atom is -0.480 e. The highest BCUT2D eigenvalue weighted by Gasteiger charge is 2.20. The lowest BCUT2D eigenvalue weighted by Gasteiger charge is -2.24. The van der Waals surface area contributed by atoms with Gasteiger partial charge in [-0.25, -0.2) is 9.59 Å². The quantitative estimate of drug-likeness (QED) is 0.422. The van der Waals surface area contributed by atoms with Gasteiger partial charge in [-0.15, -0.1) is 0 Å². The summed E-state index contributed by atoms with van der Waals surface area (Å²) >= 11 is 0. The molecule has 0 spiro atoms. The van der Waals surface area contributed by atoms with Crippen molar-refractivity contribution < 1.29 is 29.0 Å². The topological polar surface area (TPSA) is 126 Å². The van der Waals surface area contributed by atoms with E-state index in [1.54, 1.807) is 41.5 Å². The molecular weight excluding hydrogens is 354 g/mol. The number of alkyl carbamates (subject to hydrolysis) is 2. The van der Waals surface area contributed by atoms with Crippen molar-refractivity contribution in [2.24, 2.45) is 0 Å². The van der Waals surface area contributed by atoms with Crippen molar-refractivity contribution in [3.63, 3.8) is 0 Å². The molecule has 9 nitrogen and oxygen atoms in total. The monoisotopic (exact) mass is 389 g/mol. The Morgan fingerprint density at radius 2 is 1.48 bits per heavy atom. The summed E-state index contributed by atoms with van der Waals surface area (Å²) in [5, 5.41) is 16.9. The van der Waals surface area contributed by atoms with Gasteiger partial charge >= 0.3 is 18.2 Å². The van der Waals surface area contributed by atoms with Crippen LogP contribution in [0.25, 0.3) is 0 Å². The van der Waals surface area contributed by atoms with Crippen molar-refractivity contribution >= 4 is 18.2 Å². The zero-order chi connectivity index (χ0) is 21.1. The fourth-order valence-corrected chi connectivity index (χ4v) is 2.07. The van der Waals surface area contributed by atoms with E-state index >= 15 is 0 Å². The van der Waals surface area contributed by atoms with Crippen LogP contribution in [0.3, 0.4) is 0 Å². The number of carboxylic acids is 1. The molecule has 4 N–H and O–H groups in total. The molecule has 0 saturated carbocycles. The number of hydrogen-bond acceptors (Lipinski definition) is 6. The SMILES string of the molecule is CC(C)(C)OC(=O)NCCCCC(CNCC(=O)O)NC(=O)OC(C)(C)C. The molecular formula is C18H35N3O6. The number of unbranched alkanes of at least 4 members (excludes halogenated alkanes) is 1. The summed E-state index contributed by atoms with van der Waals surface area (Å²) in [6.45, 7) is 11.3. The largest absolute Gasteiger partial charge is 0.480 e. The third-order valence-corrected chi connectivity index (χ3v) is 3.04. The van der Waals surface area contributed by atoms with Crippen molar-refractivity contribution in [2.45, 2.75) is 78.0 Å². The predicted molar refractivity (Wildman–Crippen MR) is 102 cm³/mol. The van der Waals surface area contributed by atoms with E-state index in [0.717, 1.165) is 6.42 Å². The maximum atomic E-state index is 11.9. The summed E-state index contributed by atoms with van der Waals surface area (Å²) in [6, 6.07) is -0.277. The van der Waals surface area contributed by atoms with Crippen LogP contribution in [0.15, 0.2) is 0 Å². The second-order valence-corrected chi connectivity index (χ2v) is 8.29. The molecule has 0 aliphatic rings. The Morgan fingerprint density at radius 3 is 2.00 bits per heavy atom. The van der Waals surface area contributed by atoms with Gasteiger partial charge in [0.2, 0.25) is 0 Å². The van der Waals surface area contributed by atoms with E-state index in [4.69, 9.17) is 14.6 Å². The van der Waals surface area contributed by atoms with Gasteiger partial charge in [0.15, 0.2) is 0 Å². The van der Waals surface area contributed by atoms with E-state index in [9.17, 15) is 14.4 Å². The van der Waals surface area contributed by atoms with Gasteiger partial charge in [0.05, 0.1) is 6.54 Å². The zero-order valence-electron chi connectivity index (χ0n) is 17.3. The van der Waals surface area contributed by atoms with Crippen molar-refractivity contribution in [3.05, 3.63) is 0 Å². The molecule has 1 atom stereocenters. The lowest BCUT2D eigenvalue weighted by molar-refractivity contribution is -0.135. The molecule has 0 heterocycles. The lowest BCUT2D eigenvalue weighted by atomic mass is 10.1. The molecule has 1 unspecified atom stereocenters. The molecule has 0 rings (SSSR count). The molecule has 0 bridgehead atoms. The van der Waals surface area contributed by atoms with Gasteiger partial charge in [-0.2, -0.15) is 0 Å². The zero-order valence-corrected chi connectivity index (χ0v) is 17.3. The highest BCUT2D eigenvalue weighted by atomic mass is 16.6. The third-order valence-electron chi connectivity index (χ3n) is 3.04. The molecule has 27 heavy (non-hydrogen) atoms. The molecule has 0 aromatic heterocycles. The summed E-state index contributed by atoms with van der Waals surface area (Å²) in [5.74, 6) is -0.965. The third kappa shape index (κ3) is 17.2. The Balaban J connectivity index is 4.28. The highest BCUT2D eigenvalue weighted by Crippen LogP contribution is 2.09. The Kier molecular flexibility index (Phi) is 10.8. The van der Waals surface area contributed by atoms with E-state index in [-0.39, 0.29) is 12.6 Å². The molecule has 0 saturated heterocycles. The number of hydrogen-bond donors (Lipinski definition) is 4. The number of carbonyl (C=O) groups excluding carboxylic acids is 2. The number of ether oxygens (including phenoxy) is 2. The first-order chi connectivity index (χ1) is 12.3. The minimum atomic E-state index is -0.965. The minimum absolute atomic E-state index is 0.188. The number of carbonyl (C=O) groups is 3. The molecule has 0 aliphatic carbocycles. The first-order valence-electron chi connectivity index (χ1n) is 9.17. The maximum Gasteiger partial charge on any atom is 0.407 e. The van der Waals surface area contributed by atoms with Gasteiger partial charge in [0.1, 0.15) is 11.2 Å². The molecule has 0 radical (unpaired) electrons. The van der Waals surface area contributed by atoms with Gasteiger partial charge in [-0.1, -0.05) is 0 Å². The van der Waals surface area contributed by atoms with Crippen LogP contribution in [0.2, 0.25) is 0 Å². The van der Waals surface area contributed by atoms with E-state index in [1.165, 1.54) is 0 Å². The number of rotatable bonds is 10. The standard InChI is InChI=1S/C18H35N3O6/c1-17(2,3)26-15(24)20-10-8-7-9-13(11-19-12-14(22)23)21-16(25)27-18(4,5)6/h13,19H,7-12H2,1-6H3,(H,20,24)(H,21,25)(H,22,23). The summed E-state index contributed by atoms with van der Waals surface area (Å²) < 4.78 is 10.4. The molecule has 0 fully saturated rings. The second kappa shape index (κ2) is 11.6. The predicted octanol–water partition coefficient (Wildman–Crippen LogP) is 2.25. The van der Waals surface area contributed by atoms with Crippen molar-refractivity contribution in [3.8, 4) is 0 Å². The van der Waals surface area contributed by atoms with Crippen LogP contribution in [0, 0.1) is 0 Å². The smallest absolute Gasteiger partial charge is 0.407 e. The van der Waals surface area contributed by atoms with E-state index in [2.05, 4.69) is 16.0 Å². The number of nitrogens with one attached hydrogen (secondary N) is 3. The van der Waals surface area contributed by atoms with Crippen LogP contribution in [-0.2, 0) is 14.3 Å². The second-order valence-electron chi connectivity index (χ2n) is 8.29. The molecule has 0 aromatic rings. The number of aliphatic carboxylic acids is 1. The Hall–Kier alpha value is -2.03. The summed E-state index contributed by atoms with van der Waals surface area (Å²) in [4.78, 5) is 34.1. The fourth-order valence-electron chi connectivity index (χ4n) is 2.07. The van der Waals surface area contributed by atoms with Gasteiger partial charge in [-0.3, -0.25) is 4.79 Å². The fraction of sp³-hybridized carbons (Fsp3) is 0.833. The van der Waals surface area contributed by atoms with Crippen molar-refractivity contribution in [2.75, 3.05) is 19.6 Å². The van der Waals surface area contributed by atoms with Crippen LogP contribution in [-0.4, -0.2) is 60.1 Å². The Labute approximate surface area is 161 Å². The van der Waals surface area contributed by atoms with Gasteiger partial charge in [-0.05, 0) is 60.8 Å². The average molecular weight is 389 g/mol. The van der Waals surface area contributed by atoms with Crippen LogP contribution >= 0.6 is 0 Å².